The lowest BCUT2D eigenvalue weighted by molar-refractivity contribution is -0.142. The molecule has 200 valence electrons. The number of esters is 1. The first-order valence-corrected chi connectivity index (χ1v) is 14.0. The number of aromatic nitrogens is 2. The van der Waals surface area contributed by atoms with Gasteiger partial charge in [0.1, 0.15) is 0 Å². The highest BCUT2D eigenvalue weighted by atomic mass is 35.5. The monoisotopic (exact) mass is 556 g/mol. The molecule has 0 atom stereocenters. The minimum Gasteiger partial charge on any atom is -0.452 e. The highest BCUT2D eigenvalue weighted by Crippen LogP contribution is 2.23. The normalized spacial score (nSPS) is 14.2. The van der Waals surface area contributed by atoms with E-state index in [-0.39, 0.29) is 4.90 Å². The summed E-state index contributed by atoms with van der Waals surface area (Å²) in [5, 5.41) is 7.79. The zero-order chi connectivity index (χ0) is 27.3. The fourth-order valence-electron chi connectivity index (χ4n) is 4.21. The van der Waals surface area contributed by atoms with Gasteiger partial charge in [-0.1, -0.05) is 29.8 Å². The summed E-state index contributed by atoms with van der Waals surface area (Å²) in [5.41, 5.74) is 3.72. The van der Waals surface area contributed by atoms with Crippen LogP contribution in [-0.2, 0) is 30.9 Å². The molecule has 0 saturated carbocycles. The van der Waals surface area contributed by atoms with Gasteiger partial charge < -0.3 is 10.1 Å². The first-order valence-electron chi connectivity index (χ1n) is 12.2. The molecule has 38 heavy (non-hydrogen) atoms. The molecule has 0 aliphatic carbocycles. The first kappa shape index (κ1) is 27.6. The van der Waals surface area contributed by atoms with Crippen molar-refractivity contribution in [3.05, 3.63) is 82.1 Å². The Labute approximate surface area is 227 Å². The average Bonchev–Trinajstić information content (AvgIpc) is 3.53. The lowest BCUT2D eigenvalue weighted by atomic mass is 10.1. The number of aryl methyl sites for hydroxylation is 1. The van der Waals surface area contributed by atoms with Gasteiger partial charge in [-0.05, 0) is 68.7 Å². The third-order valence-corrected chi connectivity index (χ3v) is 8.57. The van der Waals surface area contributed by atoms with Gasteiger partial charge in [0, 0.05) is 41.1 Å². The van der Waals surface area contributed by atoms with Crippen LogP contribution in [0, 0.1) is 13.8 Å². The first-order chi connectivity index (χ1) is 18.1. The number of anilines is 1. The van der Waals surface area contributed by atoms with Crippen LogP contribution in [0.5, 0.6) is 0 Å². The molecule has 3 aromatic rings. The average molecular weight is 557 g/mol. The van der Waals surface area contributed by atoms with Gasteiger partial charge >= 0.3 is 5.97 Å². The van der Waals surface area contributed by atoms with Gasteiger partial charge in [0.15, 0.2) is 6.61 Å². The molecule has 1 saturated heterocycles. The Bertz CT molecular complexity index is 1460. The van der Waals surface area contributed by atoms with E-state index in [4.69, 9.17) is 16.3 Å². The molecular weight excluding hydrogens is 528 g/mol. The molecule has 0 bridgehead atoms. The van der Waals surface area contributed by atoms with E-state index in [1.165, 1.54) is 34.6 Å². The number of nitrogens with one attached hydrogen (secondary N) is 1. The summed E-state index contributed by atoms with van der Waals surface area (Å²) in [7, 11) is -3.53. The van der Waals surface area contributed by atoms with Gasteiger partial charge in [-0.2, -0.15) is 9.40 Å². The van der Waals surface area contributed by atoms with Gasteiger partial charge in [0.2, 0.25) is 10.0 Å². The molecule has 1 fully saturated rings. The van der Waals surface area contributed by atoms with Crippen molar-refractivity contribution in [1.82, 2.24) is 14.1 Å². The van der Waals surface area contributed by atoms with Crippen molar-refractivity contribution in [3.63, 3.8) is 0 Å². The molecule has 2 aromatic carbocycles. The van der Waals surface area contributed by atoms with Crippen molar-refractivity contribution in [3.8, 4) is 0 Å². The minimum absolute atomic E-state index is 0.176. The number of amides is 1. The Balaban J connectivity index is 1.29. The van der Waals surface area contributed by atoms with Gasteiger partial charge in [-0.3, -0.25) is 9.48 Å². The summed E-state index contributed by atoms with van der Waals surface area (Å²) >= 11 is 6.26. The van der Waals surface area contributed by atoms with Gasteiger partial charge in [-0.15, -0.1) is 0 Å². The second kappa shape index (κ2) is 11.9. The highest BCUT2D eigenvalue weighted by Gasteiger charge is 2.27. The molecular formula is C27H29ClN4O5S. The second-order valence-electron chi connectivity index (χ2n) is 8.96. The number of benzene rings is 2. The van der Waals surface area contributed by atoms with Crippen LogP contribution >= 0.6 is 11.6 Å². The maximum absolute atomic E-state index is 12.6. The number of hydrogen-bond donors (Lipinski definition) is 1. The number of carbonyl (C=O) groups is 2. The van der Waals surface area contributed by atoms with E-state index >= 15 is 0 Å². The van der Waals surface area contributed by atoms with Crippen molar-refractivity contribution in [2.75, 3.05) is 25.0 Å². The van der Waals surface area contributed by atoms with Crippen LogP contribution in [0.4, 0.5) is 5.69 Å². The summed E-state index contributed by atoms with van der Waals surface area (Å²) in [6.45, 7) is 4.79. The van der Waals surface area contributed by atoms with E-state index < -0.39 is 28.5 Å². The maximum atomic E-state index is 12.6. The zero-order valence-corrected chi connectivity index (χ0v) is 22.8. The third kappa shape index (κ3) is 6.50. The molecule has 1 amide bonds. The van der Waals surface area contributed by atoms with E-state index in [0.29, 0.717) is 30.3 Å². The quantitative estimate of drug-likeness (QED) is 0.313. The molecule has 4 rings (SSSR count). The molecule has 9 nitrogen and oxygen atoms in total. The molecule has 1 aliphatic rings. The number of hydrogen-bond acceptors (Lipinski definition) is 6. The van der Waals surface area contributed by atoms with Crippen molar-refractivity contribution < 1.29 is 22.7 Å². The molecule has 1 N–H and O–H groups in total. The van der Waals surface area contributed by atoms with Crippen molar-refractivity contribution >= 4 is 45.3 Å². The Morgan fingerprint density at radius 1 is 1.08 bits per heavy atom. The van der Waals surface area contributed by atoms with E-state index in [2.05, 4.69) is 10.4 Å². The van der Waals surface area contributed by atoms with Crippen molar-refractivity contribution in [2.24, 2.45) is 0 Å². The summed E-state index contributed by atoms with van der Waals surface area (Å²) in [6, 6.07) is 13.5. The standard InChI is InChI=1S/C27H29ClN4O5S/c1-19-24(20(2)32(30-19)17-21-7-3-4-8-25(21)28)13-14-27(34)37-18-26(33)29-22-9-11-23(12-10-22)38(35,36)31-15-5-6-16-31/h3-4,7-14H,5-6,15-18H2,1-2H3,(H,29,33)/b14-13+. The molecule has 1 aromatic heterocycles. The van der Waals surface area contributed by atoms with E-state index in [0.717, 1.165) is 35.4 Å². The molecule has 0 radical (unpaired) electrons. The van der Waals surface area contributed by atoms with Crippen LogP contribution in [0.1, 0.15) is 35.4 Å². The molecule has 1 aliphatic heterocycles. The van der Waals surface area contributed by atoms with Gasteiger partial charge in [0.05, 0.1) is 17.1 Å². The molecule has 0 unspecified atom stereocenters. The number of nitrogens with zero attached hydrogens (tertiary/aromatic N) is 3. The number of halogens is 1. The third-order valence-electron chi connectivity index (χ3n) is 6.29. The Morgan fingerprint density at radius 2 is 1.76 bits per heavy atom. The van der Waals surface area contributed by atoms with Crippen LogP contribution in [0.2, 0.25) is 5.02 Å². The predicted molar refractivity (Wildman–Crippen MR) is 145 cm³/mol. The highest BCUT2D eigenvalue weighted by molar-refractivity contribution is 7.89. The lowest BCUT2D eigenvalue weighted by Gasteiger charge is -2.15. The molecule has 0 spiro atoms. The second-order valence-corrected chi connectivity index (χ2v) is 11.3. The number of carbonyl (C=O) groups excluding carboxylic acids is 2. The minimum atomic E-state index is -3.53. The van der Waals surface area contributed by atoms with Gasteiger partial charge in [0.25, 0.3) is 5.91 Å². The molecule has 2 heterocycles. The Kier molecular flexibility index (Phi) is 8.65. The van der Waals surface area contributed by atoms with E-state index in [1.807, 2.05) is 42.8 Å². The topological polar surface area (TPSA) is 111 Å². The van der Waals surface area contributed by atoms with Gasteiger partial charge in [-0.25, -0.2) is 13.2 Å². The van der Waals surface area contributed by atoms with Crippen LogP contribution in [-0.4, -0.2) is 54.1 Å². The summed E-state index contributed by atoms with van der Waals surface area (Å²) in [6.07, 6.45) is 4.57. The number of sulfonamides is 1. The van der Waals surface area contributed by atoms with Crippen LogP contribution in [0.3, 0.4) is 0 Å². The predicted octanol–water partition coefficient (Wildman–Crippen LogP) is 4.18. The maximum Gasteiger partial charge on any atom is 0.331 e. The fraction of sp³-hybridized carbons (Fsp3) is 0.296. The van der Waals surface area contributed by atoms with Crippen LogP contribution in [0.15, 0.2) is 59.5 Å². The summed E-state index contributed by atoms with van der Waals surface area (Å²) < 4.78 is 33.6. The van der Waals surface area contributed by atoms with Crippen LogP contribution in [0.25, 0.3) is 6.08 Å². The number of rotatable bonds is 9. The summed E-state index contributed by atoms with van der Waals surface area (Å²) in [4.78, 5) is 24.6. The number of ether oxygens (including phenoxy) is 1. The largest absolute Gasteiger partial charge is 0.452 e. The van der Waals surface area contributed by atoms with Crippen molar-refractivity contribution in [1.29, 1.82) is 0 Å². The lowest BCUT2D eigenvalue weighted by Crippen LogP contribution is -2.27. The van der Waals surface area contributed by atoms with E-state index in [1.54, 1.807) is 6.08 Å². The Morgan fingerprint density at radius 3 is 2.45 bits per heavy atom. The Hall–Kier alpha value is -3.47. The molecule has 11 heteroatoms. The van der Waals surface area contributed by atoms with Crippen molar-refractivity contribution in [2.45, 2.75) is 38.1 Å². The fourth-order valence-corrected chi connectivity index (χ4v) is 5.93. The zero-order valence-electron chi connectivity index (χ0n) is 21.2. The van der Waals surface area contributed by atoms with E-state index in [9.17, 15) is 18.0 Å². The SMILES string of the molecule is Cc1nn(Cc2ccccc2Cl)c(C)c1/C=C/C(=O)OCC(=O)Nc1ccc(S(=O)(=O)N2CCCC2)cc1. The van der Waals surface area contributed by atoms with Crippen LogP contribution < -0.4 is 5.32 Å². The summed E-state index contributed by atoms with van der Waals surface area (Å²) in [5.74, 6) is -1.22. The smallest absolute Gasteiger partial charge is 0.331 e.